The minimum atomic E-state index is -4.56. The highest BCUT2D eigenvalue weighted by molar-refractivity contribution is 5.90. The summed E-state index contributed by atoms with van der Waals surface area (Å²) in [6.45, 7) is -0.0539. The van der Waals surface area contributed by atoms with E-state index in [4.69, 9.17) is 0 Å². The third kappa shape index (κ3) is 3.93. The van der Waals surface area contributed by atoms with Gasteiger partial charge in [-0.1, -0.05) is 36.4 Å². The molecule has 0 aliphatic heterocycles. The van der Waals surface area contributed by atoms with Crippen LogP contribution in [0.2, 0.25) is 0 Å². The predicted octanol–water partition coefficient (Wildman–Crippen LogP) is 3.36. The summed E-state index contributed by atoms with van der Waals surface area (Å²) in [6.07, 6.45) is -3.78. The van der Waals surface area contributed by atoms with Gasteiger partial charge in [-0.2, -0.15) is 13.2 Å². The van der Waals surface area contributed by atoms with E-state index in [9.17, 15) is 23.1 Å². The number of amides is 2. The van der Waals surface area contributed by atoms with Crippen LogP contribution in [0.5, 0.6) is 0 Å². The predicted molar refractivity (Wildman–Crippen MR) is 87.3 cm³/mol. The first kappa shape index (κ1) is 17.3. The lowest BCUT2D eigenvalue weighted by atomic mass is 10.0. The highest BCUT2D eigenvalue weighted by Gasteiger charge is 2.36. The Morgan fingerprint density at radius 1 is 1.04 bits per heavy atom. The number of fused-ring (bicyclic) bond motifs is 1. The molecule has 25 heavy (non-hydrogen) atoms. The lowest BCUT2D eigenvalue weighted by Gasteiger charge is -2.23. The van der Waals surface area contributed by atoms with Crippen molar-refractivity contribution < 1.29 is 23.1 Å². The van der Waals surface area contributed by atoms with Crippen molar-refractivity contribution in [2.24, 2.45) is 0 Å². The Morgan fingerprint density at radius 2 is 1.60 bits per heavy atom. The van der Waals surface area contributed by atoms with Crippen LogP contribution in [0, 0.1) is 0 Å². The molecule has 132 valence electrons. The first-order chi connectivity index (χ1) is 11.8. The lowest BCUT2D eigenvalue weighted by Crippen LogP contribution is -2.45. The van der Waals surface area contributed by atoms with E-state index in [1.165, 1.54) is 18.2 Å². The molecule has 0 spiro atoms. The van der Waals surface area contributed by atoms with Crippen molar-refractivity contribution in [2.75, 3.05) is 11.9 Å². The van der Waals surface area contributed by atoms with Gasteiger partial charge in [-0.25, -0.2) is 4.79 Å². The van der Waals surface area contributed by atoms with Crippen LogP contribution < -0.4 is 10.6 Å². The second-order valence-electron chi connectivity index (χ2n) is 6.20. The molecule has 1 aliphatic rings. The number of para-hydroxylation sites is 1. The van der Waals surface area contributed by atoms with E-state index in [0.717, 1.165) is 17.2 Å². The fourth-order valence-corrected chi connectivity index (χ4v) is 3.05. The number of carbonyl (C=O) groups is 1. The minimum absolute atomic E-state index is 0.0539. The summed E-state index contributed by atoms with van der Waals surface area (Å²) in [5.74, 6) is 0. The second-order valence-corrected chi connectivity index (χ2v) is 6.20. The van der Waals surface area contributed by atoms with Crippen molar-refractivity contribution in [3.8, 4) is 0 Å². The number of rotatable bonds is 3. The maximum atomic E-state index is 12.9. The Hall–Kier alpha value is -2.54. The Kier molecular flexibility index (Phi) is 4.43. The standard InChI is InChI=1S/C18H17F3N2O2/c19-18(20,21)14-7-3-4-8-15(14)23-16(24)22-11-17(25)9-12-5-1-2-6-13(12)10-17/h1-8,25H,9-11H2,(H2,22,23,24). The van der Waals surface area contributed by atoms with Crippen LogP contribution >= 0.6 is 0 Å². The first-order valence-corrected chi connectivity index (χ1v) is 7.77. The third-order valence-corrected chi connectivity index (χ3v) is 4.22. The number of urea groups is 1. The van der Waals surface area contributed by atoms with E-state index in [0.29, 0.717) is 12.8 Å². The van der Waals surface area contributed by atoms with Crippen LogP contribution in [-0.4, -0.2) is 23.3 Å². The second kappa shape index (κ2) is 6.40. The number of carbonyl (C=O) groups excluding carboxylic acids is 1. The van der Waals surface area contributed by atoms with Gasteiger partial charge < -0.3 is 15.7 Å². The van der Waals surface area contributed by atoms with Gasteiger partial charge in [-0.15, -0.1) is 0 Å². The van der Waals surface area contributed by atoms with Gasteiger partial charge in [-0.3, -0.25) is 0 Å². The van der Waals surface area contributed by atoms with Crippen molar-refractivity contribution in [2.45, 2.75) is 24.6 Å². The molecule has 0 atom stereocenters. The minimum Gasteiger partial charge on any atom is -0.387 e. The Morgan fingerprint density at radius 3 is 2.20 bits per heavy atom. The zero-order chi connectivity index (χ0) is 18.1. The molecule has 0 fully saturated rings. The molecule has 0 aromatic heterocycles. The van der Waals surface area contributed by atoms with E-state index in [-0.39, 0.29) is 12.2 Å². The van der Waals surface area contributed by atoms with Crippen molar-refractivity contribution in [3.63, 3.8) is 0 Å². The molecule has 0 heterocycles. The van der Waals surface area contributed by atoms with E-state index in [1.54, 1.807) is 0 Å². The fourth-order valence-electron chi connectivity index (χ4n) is 3.05. The van der Waals surface area contributed by atoms with Crippen molar-refractivity contribution in [1.29, 1.82) is 0 Å². The van der Waals surface area contributed by atoms with Crippen molar-refractivity contribution >= 4 is 11.7 Å². The Balaban J connectivity index is 1.62. The molecular weight excluding hydrogens is 333 g/mol. The van der Waals surface area contributed by atoms with Crippen LogP contribution in [0.4, 0.5) is 23.7 Å². The molecular formula is C18H17F3N2O2. The normalized spacial score (nSPS) is 15.5. The summed E-state index contributed by atoms with van der Waals surface area (Å²) in [6, 6.07) is 11.5. The molecule has 3 rings (SSSR count). The highest BCUT2D eigenvalue weighted by atomic mass is 19.4. The molecule has 0 bridgehead atoms. The smallest absolute Gasteiger partial charge is 0.387 e. The molecule has 2 amide bonds. The van der Waals surface area contributed by atoms with Gasteiger partial charge in [-0.05, 0) is 23.3 Å². The molecule has 0 saturated carbocycles. The highest BCUT2D eigenvalue weighted by Crippen LogP contribution is 2.34. The number of hydrogen-bond donors (Lipinski definition) is 3. The van der Waals surface area contributed by atoms with Crippen LogP contribution in [0.1, 0.15) is 16.7 Å². The number of alkyl halides is 3. The summed E-state index contributed by atoms with van der Waals surface area (Å²) < 4.78 is 38.8. The SMILES string of the molecule is O=C(NCC1(O)Cc2ccccc2C1)Nc1ccccc1C(F)(F)F. The Labute approximate surface area is 142 Å². The molecule has 0 saturated heterocycles. The van der Waals surface area contributed by atoms with Gasteiger partial charge in [0.25, 0.3) is 0 Å². The number of halogens is 3. The van der Waals surface area contributed by atoms with Gasteiger partial charge in [0.2, 0.25) is 0 Å². The summed E-state index contributed by atoms with van der Waals surface area (Å²) in [4.78, 5) is 12.0. The average Bonchev–Trinajstić information content (AvgIpc) is 2.89. The third-order valence-electron chi connectivity index (χ3n) is 4.22. The van der Waals surface area contributed by atoms with Gasteiger partial charge >= 0.3 is 12.2 Å². The monoisotopic (exact) mass is 350 g/mol. The number of benzene rings is 2. The maximum absolute atomic E-state index is 12.9. The first-order valence-electron chi connectivity index (χ1n) is 7.77. The number of nitrogens with one attached hydrogen (secondary N) is 2. The van der Waals surface area contributed by atoms with Crippen LogP contribution in [-0.2, 0) is 19.0 Å². The topological polar surface area (TPSA) is 61.4 Å². The molecule has 2 aromatic rings. The van der Waals surface area contributed by atoms with Gasteiger partial charge in [0, 0.05) is 19.4 Å². The zero-order valence-corrected chi connectivity index (χ0v) is 13.2. The fraction of sp³-hybridized carbons (Fsp3) is 0.278. The van der Waals surface area contributed by atoms with Gasteiger partial charge in [0.15, 0.2) is 0 Å². The van der Waals surface area contributed by atoms with Crippen molar-refractivity contribution in [3.05, 3.63) is 65.2 Å². The zero-order valence-electron chi connectivity index (χ0n) is 13.2. The largest absolute Gasteiger partial charge is 0.418 e. The average molecular weight is 350 g/mol. The van der Waals surface area contributed by atoms with Gasteiger partial charge in [0.1, 0.15) is 0 Å². The number of aliphatic hydroxyl groups is 1. The number of anilines is 1. The van der Waals surface area contributed by atoms with Gasteiger partial charge in [0.05, 0.1) is 16.9 Å². The van der Waals surface area contributed by atoms with Crippen LogP contribution in [0.3, 0.4) is 0 Å². The van der Waals surface area contributed by atoms with E-state index < -0.39 is 23.4 Å². The molecule has 7 heteroatoms. The molecule has 1 aliphatic carbocycles. The summed E-state index contributed by atoms with van der Waals surface area (Å²) in [5, 5.41) is 15.2. The molecule has 0 radical (unpaired) electrons. The summed E-state index contributed by atoms with van der Waals surface area (Å²) in [5.41, 5.74) is -0.361. The number of hydrogen-bond acceptors (Lipinski definition) is 2. The Bertz CT molecular complexity index is 765. The van der Waals surface area contributed by atoms with Crippen LogP contribution in [0.15, 0.2) is 48.5 Å². The lowest BCUT2D eigenvalue weighted by molar-refractivity contribution is -0.136. The van der Waals surface area contributed by atoms with Crippen LogP contribution in [0.25, 0.3) is 0 Å². The van der Waals surface area contributed by atoms with E-state index >= 15 is 0 Å². The van der Waals surface area contributed by atoms with E-state index in [2.05, 4.69) is 10.6 Å². The summed E-state index contributed by atoms with van der Waals surface area (Å²) >= 11 is 0. The quantitative estimate of drug-likeness (QED) is 0.795. The maximum Gasteiger partial charge on any atom is 0.418 e. The molecule has 3 N–H and O–H groups in total. The molecule has 0 unspecified atom stereocenters. The molecule has 2 aromatic carbocycles. The van der Waals surface area contributed by atoms with E-state index in [1.807, 2.05) is 24.3 Å². The van der Waals surface area contributed by atoms with Crippen molar-refractivity contribution in [1.82, 2.24) is 5.32 Å². The molecule has 4 nitrogen and oxygen atoms in total. The summed E-state index contributed by atoms with van der Waals surface area (Å²) in [7, 11) is 0.